The molecule has 0 radical (unpaired) electrons. The van der Waals surface area contributed by atoms with Crippen LogP contribution in [-0.2, 0) is 28.5 Å². The number of amides is 2. The van der Waals surface area contributed by atoms with Gasteiger partial charge in [0.25, 0.3) is 5.91 Å². The Morgan fingerprint density at radius 1 is 0.759 bits per heavy atom. The highest BCUT2D eigenvalue weighted by Crippen LogP contribution is 2.42. The van der Waals surface area contributed by atoms with Gasteiger partial charge in [0.2, 0.25) is 11.3 Å². The van der Waals surface area contributed by atoms with Crippen molar-refractivity contribution in [2.75, 3.05) is 118 Å². The zero-order chi connectivity index (χ0) is 38.5. The highest BCUT2D eigenvalue weighted by molar-refractivity contribution is 8.13. The minimum Gasteiger partial charge on any atom is -0.456 e. The van der Waals surface area contributed by atoms with Crippen LogP contribution in [0.15, 0.2) is 65.1 Å². The van der Waals surface area contributed by atoms with E-state index in [4.69, 9.17) is 23.4 Å². The summed E-state index contributed by atoms with van der Waals surface area (Å²) in [6.07, 6.45) is 0.273. The van der Waals surface area contributed by atoms with E-state index in [0.29, 0.717) is 90.4 Å². The lowest BCUT2D eigenvalue weighted by atomic mass is 9.90. The molecule has 2 heterocycles. The van der Waals surface area contributed by atoms with Crippen LogP contribution in [0.5, 0.6) is 0 Å². The number of anilines is 1. The van der Waals surface area contributed by atoms with E-state index < -0.39 is 0 Å². The molecule has 0 aromatic heterocycles. The summed E-state index contributed by atoms with van der Waals surface area (Å²) in [7, 11) is 8.00. The van der Waals surface area contributed by atoms with Gasteiger partial charge in [0.15, 0.2) is 5.12 Å². The fourth-order valence-corrected chi connectivity index (χ4v) is 6.74. The van der Waals surface area contributed by atoms with Gasteiger partial charge in [-0.1, -0.05) is 30.0 Å². The predicted molar refractivity (Wildman–Crippen MR) is 213 cm³/mol. The van der Waals surface area contributed by atoms with Gasteiger partial charge in [-0.2, -0.15) is 0 Å². The summed E-state index contributed by atoms with van der Waals surface area (Å²) in [6.45, 7) is 6.85. The number of thioether (sulfide) groups is 1. The highest BCUT2D eigenvalue weighted by atomic mass is 32.2. The van der Waals surface area contributed by atoms with Crippen LogP contribution < -0.4 is 14.8 Å². The number of carbonyl (C=O) groups excluding carboxylic acids is 3. The van der Waals surface area contributed by atoms with Crippen molar-refractivity contribution >= 4 is 45.3 Å². The van der Waals surface area contributed by atoms with Crippen LogP contribution in [0.3, 0.4) is 0 Å². The monoisotopic (exact) mass is 761 g/mol. The number of fused-ring (bicyclic) bond motifs is 2. The summed E-state index contributed by atoms with van der Waals surface area (Å²) in [5.41, 5.74) is 5.11. The molecule has 1 saturated heterocycles. The maximum atomic E-state index is 14.2. The van der Waals surface area contributed by atoms with Gasteiger partial charge in [-0.25, -0.2) is 4.58 Å². The summed E-state index contributed by atoms with van der Waals surface area (Å²) in [6, 6.07) is 20.1. The first-order chi connectivity index (χ1) is 26.1. The molecule has 2 aromatic rings. The topological polar surface area (TPSA) is 114 Å². The lowest BCUT2D eigenvalue weighted by molar-refractivity contribution is -0.134. The summed E-state index contributed by atoms with van der Waals surface area (Å²) >= 11 is 1.25. The smallest absolute Gasteiger partial charge is 0.254 e. The third kappa shape index (κ3) is 11.1. The van der Waals surface area contributed by atoms with Gasteiger partial charge in [0, 0.05) is 92.8 Å². The molecule has 0 saturated carbocycles. The fraction of sp³-hybridized carbons (Fsp3) is 0.463. The average Bonchev–Trinajstić information content (AvgIpc) is 3.17. The summed E-state index contributed by atoms with van der Waals surface area (Å²) in [4.78, 5) is 43.7. The van der Waals surface area contributed by atoms with Gasteiger partial charge < -0.3 is 38.1 Å². The molecule has 13 heteroatoms. The molecule has 5 rings (SSSR count). The Balaban J connectivity index is 1.11. The van der Waals surface area contributed by atoms with Crippen LogP contribution in [0.1, 0.15) is 23.7 Å². The number of benzene rings is 3. The maximum absolute atomic E-state index is 14.2. The van der Waals surface area contributed by atoms with Gasteiger partial charge in [-0.15, -0.1) is 0 Å². The van der Waals surface area contributed by atoms with Crippen LogP contribution in [0.4, 0.5) is 5.69 Å². The van der Waals surface area contributed by atoms with Gasteiger partial charge >= 0.3 is 0 Å². The number of ether oxygens (including phenoxy) is 4. The minimum atomic E-state index is -0.0583. The summed E-state index contributed by atoms with van der Waals surface area (Å²) < 4.78 is 30.6. The molecule has 12 nitrogen and oxygen atoms in total. The zero-order valence-electron chi connectivity index (χ0n) is 32.1. The van der Waals surface area contributed by atoms with Crippen LogP contribution >= 0.6 is 11.8 Å². The van der Waals surface area contributed by atoms with Gasteiger partial charge in [-0.3, -0.25) is 14.4 Å². The molecule has 290 valence electrons. The van der Waals surface area contributed by atoms with E-state index in [1.54, 1.807) is 6.92 Å². The Morgan fingerprint density at radius 3 is 2.04 bits per heavy atom. The molecule has 0 unspecified atom stereocenters. The molecule has 1 aliphatic carbocycles. The average molecular weight is 762 g/mol. The number of piperazine rings is 1. The first-order valence-electron chi connectivity index (χ1n) is 18.4. The normalized spacial score (nSPS) is 13.1. The molecule has 0 spiro atoms. The summed E-state index contributed by atoms with van der Waals surface area (Å²) in [5, 5.41) is 2.04. The van der Waals surface area contributed by atoms with Crippen molar-refractivity contribution in [3.63, 3.8) is 0 Å². The third-order valence-corrected chi connectivity index (χ3v) is 9.95. The van der Waals surface area contributed by atoms with Crippen molar-refractivity contribution in [3.8, 4) is 22.5 Å². The predicted octanol–water partition coefficient (Wildman–Crippen LogP) is 4.32. The molecule has 2 aromatic carbocycles. The van der Waals surface area contributed by atoms with Crippen LogP contribution in [-0.4, -0.2) is 140 Å². The van der Waals surface area contributed by atoms with Gasteiger partial charge in [-0.05, 0) is 29.8 Å². The standard InChI is InChI=1S/C41H53N4O8S/c1-30(46)54-27-26-52-25-24-51-23-22-50-21-20-49-19-14-39(47)44-15-17-45(18-16-44)41(48)34-9-7-6-8-33(34)40-35-12-10-31(42(2)3)28-37(35)53-38-29-32(43(4)5)11-13-36(38)40/h6-13,28-29H,14-27H2,1-5H3/q+1. The Kier molecular flexibility index (Phi) is 15.5. The Bertz CT molecular complexity index is 1920. The number of hydrogen-bond acceptors (Lipinski definition) is 10. The molecule has 1 fully saturated rings. The van der Waals surface area contributed by atoms with E-state index >= 15 is 0 Å². The van der Waals surface area contributed by atoms with Crippen LogP contribution in [0, 0.1) is 0 Å². The lowest BCUT2D eigenvalue weighted by Crippen LogP contribution is -2.50. The Labute approximate surface area is 321 Å². The molecular formula is C41H53N4O8S+. The molecule has 2 aliphatic heterocycles. The fourth-order valence-electron chi connectivity index (χ4n) is 6.25. The SMILES string of the molecule is CC(=O)SCCOCCOCCOCCOCCC(=O)N1CCN(C(=O)c2ccccc2-c2c3ccc(=[N+](C)C)cc-3oc3cc(N(C)C)ccc23)CC1. The first-order valence-corrected chi connectivity index (χ1v) is 19.4. The van der Waals surface area contributed by atoms with Crippen molar-refractivity contribution in [2.24, 2.45) is 0 Å². The first kappa shape index (κ1) is 40.9. The molecule has 2 amide bonds. The second kappa shape index (κ2) is 20.4. The van der Waals surface area contributed by atoms with E-state index in [2.05, 4.69) is 24.3 Å². The van der Waals surface area contributed by atoms with Crippen LogP contribution in [0.2, 0.25) is 0 Å². The van der Waals surface area contributed by atoms with E-state index in [1.165, 1.54) is 11.8 Å². The van der Waals surface area contributed by atoms with E-state index in [-0.39, 0.29) is 23.4 Å². The lowest BCUT2D eigenvalue weighted by Gasteiger charge is -2.35. The molecular weight excluding hydrogens is 709 g/mol. The minimum absolute atomic E-state index is 0.0130. The number of hydrogen-bond donors (Lipinski definition) is 0. The van der Waals surface area contributed by atoms with Crippen molar-refractivity contribution < 1.29 is 37.7 Å². The van der Waals surface area contributed by atoms with Gasteiger partial charge in [0.1, 0.15) is 25.4 Å². The van der Waals surface area contributed by atoms with Crippen molar-refractivity contribution in [2.45, 2.75) is 13.3 Å². The molecule has 54 heavy (non-hydrogen) atoms. The van der Waals surface area contributed by atoms with E-state index in [9.17, 15) is 14.4 Å². The second-order valence-electron chi connectivity index (χ2n) is 13.4. The molecule has 0 atom stereocenters. The number of carbonyl (C=O) groups is 3. The van der Waals surface area contributed by atoms with Crippen molar-refractivity contribution in [3.05, 3.63) is 71.6 Å². The van der Waals surface area contributed by atoms with Crippen LogP contribution in [0.25, 0.3) is 33.4 Å². The Morgan fingerprint density at radius 2 is 1.39 bits per heavy atom. The second-order valence-corrected chi connectivity index (χ2v) is 14.7. The largest absolute Gasteiger partial charge is 0.456 e. The summed E-state index contributed by atoms with van der Waals surface area (Å²) in [5.74, 6) is 1.35. The third-order valence-electron chi connectivity index (χ3n) is 9.18. The van der Waals surface area contributed by atoms with E-state index in [0.717, 1.165) is 44.5 Å². The van der Waals surface area contributed by atoms with E-state index in [1.807, 2.05) is 83.9 Å². The van der Waals surface area contributed by atoms with Crippen molar-refractivity contribution in [1.29, 1.82) is 0 Å². The van der Waals surface area contributed by atoms with Crippen molar-refractivity contribution in [1.82, 2.24) is 14.4 Å². The highest BCUT2D eigenvalue weighted by Gasteiger charge is 2.28. The Hall–Kier alpha value is -4.27. The number of nitrogens with zero attached hydrogens (tertiary/aromatic N) is 4. The number of rotatable bonds is 18. The molecule has 3 aliphatic rings. The quantitative estimate of drug-likeness (QED) is 0.0826. The zero-order valence-corrected chi connectivity index (χ0v) is 33.0. The van der Waals surface area contributed by atoms with Gasteiger partial charge in [0.05, 0.1) is 65.3 Å². The maximum Gasteiger partial charge on any atom is 0.254 e. The molecule has 0 N–H and O–H groups in total. The molecule has 0 bridgehead atoms.